The van der Waals surface area contributed by atoms with Crippen LogP contribution in [-0.4, -0.2) is 31.2 Å². The maximum absolute atomic E-state index is 12.4. The maximum Gasteiger partial charge on any atom is 0.228 e. The van der Waals surface area contributed by atoms with Crippen molar-refractivity contribution in [1.82, 2.24) is 4.98 Å². The molecule has 3 rings (SSSR count). The number of nitrogens with one attached hydrogen (secondary N) is 1. The summed E-state index contributed by atoms with van der Waals surface area (Å²) in [6.45, 7) is 3.51. The summed E-state index contributed by atoms with van der Waals surface area (Å²) in [5.74, 6) is 0.488. The average molecular weight is 507 g/mol. The minimum absolute atomic E-state index is 0.0388. The number of ether oxygens (including phenoxy) is 1. The molecule has 1 aromatic heterocycles. The van der Waals surface area contributed by atoms with Gasteiger partial charge in [-0.2, -0.15) is 0 Å². The SMILES string of the molecule is CCS(=O)(=O)c1ccc(CC(=O)Nc2ccc(OC(C)Cc3ncc(Cl)cc3Cl)cc2)cc1. The second-order valence-corrected chi connectivity index (χ2v) is 10.6. The van der Waals surface area contributed by atoms with E-state index in [0.29, 0.717) is 33.6 Å². The van der Waals surface area contributed by atoms with Crippen LogP contribution in [0.3, 0.4) is 0 Å². The van der Waals surface area contributed by atoms with Crippen molar-refractivity contribution in [2.24, 2.45) is 0 Å². The fourth-order valence-electron chi connectivity index (χ4n) is 3.13. The van der Waals surface area contributed by atoms with Crippen molar-refractivity contribution in [3.8, 4) is 5.75 Å². The van der Waals surface area contributed by atoms with E-state index in [1.54, 1.807) is 55.6 Å². The summed E-state index contributed by atoms with van der Waals surface area (Å²) in [5, 5.41) is 3.81. The Morgan fingerprint density at radius 2 is 1.76 bits per heavy atom. The topological polar surface area (TPSA) is 85.4 Å². The number of carbonyl (C=O) groups excluding carboxylic acids is 1. The number of sulfone groups is 1. The van der Waals surface area contributed by atoms with Crippen molar-refractivity contribution in [3.63, 3.8) is 0 Å². The molecule has 0 aliphatic rings. The third kappa shape index (κ3) is 7.19. The Hall–Kier alpha value is -2.61. The van der Waals surface area contributed by atoms with Gasteiger partial charge in [0.25, 0.3) is 0 Å². The van der Waals surface area contributed by atoms with Gasteiger partial charge in [0, 0.05) is 18.3 Å². The van der Waals surface area contributed by atoms with E-state index < -0.39 is 9.84 Å². The molecule has 0 bridgehead atoms. The highest BCUT2D eigenvalue weighted by Gasteiger charge is 2.13. The van der Waals surface area contributed by atoms with Crippen molar-refractivity contribution < 1.29 is 17.9 Å². The minimum Gasteiger partial charge on any atom is -0.490 e. The van der Waals surface area contributed by atoms with Gasteiger partial charge in [0.2, 0.25) is 5.91 Å². The van der Waals surface area contributed by atoms with Gasteiger partial charge in [-0.25, -0.2) is 8.42 Å². The van der Waals surface area contributed by atoms with Gasteiger partial charge in [-0.3, -0.25) is 9.78 Å². The lowest BCUT2D eigenvalue weighted by Gasteiger charge is -2.15. The molecule has 1 unspecified atom stereocenters. The van der Waals surface area contributed by atoms with E-state index in [2.05, 4.69) is 10.3 Å². The highest BCUT2D eigenvalue weighted by molar-refractivity contribution is 7.91. The number of nitrogens with zero attached hydrogens (tertiary/aromatic N) is 1. The molecule has 2 aromatic carbocycles. The van der Waals surface area contributed by atoms with Crippen molar-refractivity contribution >= 4 is 44.6 Å². The van der Waals surface area contributed by atoms with E-state index in [1.165, 1.54) is 12.1 Å². The Balaban J connectivity index is 1.53. The van der Waals surface area contributed by atoms with Crippen LogP contribution in [0.4, 0.5) is 5.69 Å². The third-order valence-electron chi connectivity index (χ3n) is 4.87. The molecule has 9 heteroatoms. The lowest BCUT2D eigenvalue weighted by Crippen LogP contribution is -2.16. The first-order valence-electron chi connectivity index (χ1n) is 10.3. The second-order valence-electron chi connectivity index (χ2n) is 7.51. The number of anilines is 1. The van der Waals surface area contributed by atoms with Gasteiger partial charge in [-0.1, -0.05) is 42.3 Å². The van der Waals surface area contributed by atoms with Crippen LogP contribution in [0.15, 0.2) is 65.7 Å². The fraction of sp³-hybridized carbons (Fsp3) is 0.250. The molecule has 0 saturated heterocycles. The molecule has 1 N–H and O–H groups in total. The molecule has 33 heavy (non-hydrogen) atoms. The van der Waals surface area contributed by atoms with E-state index in [0.717, 1.165) is 5.56 Å². The van der Waals surface area contributed by atoms with E-state index >= 15 is 0 Å². The maximum atomic E-state index is 12.4. The number of benzene rings is 2. The third-order valence-corrected chi connectivity index (χ3v) is 7.15. The van der Waals surface area contributed by atoms with Crippen molar-refractivity contribution in [2.75, 3.05) is 11.1 Å². The zero-order valence-corrected chi connectivity index (χ0v) is 20.5. The number of rotatable bonds is 9. The normalized spacial score (nSPS) is 12.2. The van der Waals surface area contributed by atoms with E-state index in [-0.39, 0.29) is 29.1 Å². The Bertz CT molecular complexity index is 1210. The number of carbonyl (C=O) groups is 1. The summed E-state index contributed by atoms with van der Waals surface area (Å²) in [6.07, 6.45) is 2.04. The van der Waals surface area contributed by atoms with Gasteiger partial charge in [0.15, 0.2) is 9.84 Å². The van der Waals surface area contributed by atoms with Crippen LogP contribution in [0.5, 0.6) is 5.75 Å². The van der Waals surface area contributed by atoms with Crippen molar-refractivity contribution in [1.29, 1.82) is 0 Å². The zero-order valence-electron chi connectivity index (χ0n) is 18.2. The van der Waals surface area contributed by atoms with Gasteiger partial charge in [0.05, 0.1) is 32.8 Å². The molecule has 1 heterocycles. The minimum atomic E-state index is -3.25. The van der Waals surface area contributed by atoms with Crippen LogP contribution in [0.2, 0.25) is 10.0 Å². The Morgan fingerprint density at radius 1 is 1.09 bits per heavy atom. The quantitative estimate of drug-likeness (QED) is 0.421. The first-order valence-corrected chi connectivity index (χ1v) is 12.8. The molecule has 0 aliphatic heterocycles. The molecule has 1 atom stereocenters. The number of amides is 1. The molecule has 6 nitrogen and oxygen atoms in total. The fourth-order valence-corrected chi connectivity index (χ4v) is 4.47. The van der Waals surface area contributed by atoms with Gasteiger partial charge < -0.3 is 10.1 Å². The van der Waals surface area contributed by atoms with Crippen LogP contribution in [-0.2, 0) is 27.5 Å². The van der Waals surface area contributed by atoms with Crippen LogP contribution >= 0.6 is 23.2 Å². The van der Waals surface area contributed by atoms with Crippen LogP contribution in [0.25, 0.3) is 0 Å². The number of halogens is 2. The van der Waals surface area contributed by atoms with E-state index in [1.807, 2.05) is 6.92 Å². The van der Waals surface area contributed by atoms with E-state index in [4.69, 9.17) is 27.9 Å². The molecular weight excluding hydrogens is 483 g/mol. The monoisotopic (exact) mass is 506 g/mol. The second kappa shape index (κ2) is 11.0. The molecule has 0 aliphatic carbocycles. The summed E-state index contributed by atoms with van der Waals surface area (Å²) >= 11 is 12.0. The number of hydrogen-bond donors (Lipinski definition) is 1. The molecular formula is C24H24Cl2N2O4S. The summed E-state index contributed by atoms with van der Waals surface area (Å²) in [4.78, 5) is 16.9. The molecule has 1 amide bonds. The molecule has 0 fully saturated rings. The highest BCUT2D eigenvalue weighted by atomic mass is 35.5. The summed E-state index contributed by atoms with van der Waals surface area (Å²) in [6, 6.07) is 15.1. The van der Waals surface area contributed by atoms with Gasteiger partial charge in [-0.05, 0) is 55.0 Å². The molecule has 0 radical (unpaired) electrons. The van der Waals surface area contributed by atoms with Crippen LogP contribution in [0.1, 0.15) is 25.1 Å². The molecule has 3 aromatic rings. The van der Waals surface area contributed by atoms with Crippen molar-refractivity contribution in [2.45, 2.75) is 37.7 Å². The average Bonchev–Trinajstić information content (AvgIpc) is 2.77. The Labute approximate surface area is 203 Å². The largest absolute Gasteiger partial charge is 0.490 e. The summed E-state index contributed by atoms with van der Waals surface area (Å²) in [5.41, 5.74) is 2.07. The molecule has 0 spiro atoms. The Morgan fingerprint density at radius 3 is 2.36 bits per heavy atom. The summed E-state index contributed by atoms with van der Waals surface area (Å²) < 4.78 is 29.7. The van der Waals surface area contributed by atoms with Crippen molar-refractivity contribution in [3.05, 3.63) is 82.1 Å². The van der Waals surface area contributed by atoms with Crippen LogP contribution in [0, 0.1) is 0 Å². The zero-order chi connectivity index (χ0) is 24.0. The predicted molar refractivity (Wildman–Crippen MR) is 131 cm³/mol. The van der Waals surface area contributed by atoms with Gasteiger partial charge in [0.1, 0.15) is 11.9 Å². The van der Waals surface area contributed by atoms with Crippen LogP contribution < -0.4 is 10.1 Å². The standard InChI is InChI=1S/C24H24Cl2N2O4S/c1-3-33(30,31)21-10-4-17(5-11-21)13-24(29)28-19-6-8-20(9-7-19)32-16(2)12-23-22(26)14-18(25)15-27-23/h4-11,14-16H,3,12-13H2,1-2H3,(H,28,29). The first kappa shape index (κ1) is 25.0. The first-order chi connectivity index (χ1) is 15.7. The van der Waals surface area contributed by atoms with Gasteiger partial charge in [-0.15, -0.1) is 0 Å². The van der Waals surface area contributed by atoms with E-state index in [9.17, 15) is 13.2 Å². The number of hydrogen-bond acceptors (Lipinski definition) is 5. The predicted octanol–water partition coefficient (Wildman–Crippen LogP) is 5.37. The lowest BCUT2D eigenvalue weighted by molar-refractivity contribution is -0.115. The number of aromatic nitrogens is 1. The molecule has 174 valence electrons. The highest BCUT2D eigenvalue weighted by Crippen LogP contribution is 2.22. The van der Waals surface area contributed by atoms with Gasteiger partial charge >= 0.3 is 0 Å². The number of pyridine rings is 1. The Kier molecular flexibility index (Phi) is 8.35. The summed E-state index contributed by atoms with van der Waals surface area (Å²) in [7, 11) is -3.25. The smallest absolute Gasteiger partial charge is 0.228 e. The molecule has 0 saturated carbocycles. The lowest BCUT2D eigenvalue weighted by atomic mass is 10.1.